The van der Waals surface area contributed by atoms with E-state index < -0.39 is 16.0 Å². The quantitative estimate of drug-likeness (QED) is 0.557. The van der Waals surface area contributed by atoms with Crippen molar-refractivity contribution in [3.63, 3.8) is 0 Å². The highest BCUT2D eigenvalue weighted by Crippen LogP contribution is 2.13. The molecule has 0 unspecified atom stereocenters. The number of H-pyrrole nitrogens is 1. The number of aromatic amines is 1. The first-order valence-electron chi connectivity index (χ1n) is 5.72. The van der Waals surface area contributed by atoms with Crippen LogP contribution in [0.25, 0.3) is 0 Å². The van der Waals surface area contributed by atoms with Crippen LogP contribution >= 0.6 is 0 Å². The molecular weight excluding hydrogens is 274 g/mol. The Labute approximate surface area is 111 Å². The molecule has 1 aromatic heterocycles. The van der Waals surface area contributed by atoms with E-state index in [9.17, 15) is 13.2 Å². The Balaban J connectivity index is 2.84. The van der Waals surface area contributed by atoms with E-state index in [0.717, 1.165) is 6.20 Å². The molecule has 9 heteroatoms. The van der Waals surface area contributed by atoms with E-state index in [4.69, 9.17) is 9.57 Å². The van der Waals surface area contributed by atoms with Crippen LogP contribution in [0.4, 0.5) is 0 Å². The van der Waals surface area contributed by atoms with Crippen molar-refractivity contribution in [3.8, 4) is 0 Å². The predicted octanol–water partition coefficient (Wildman–Crippen LogP) is 0.452. The molecule has 0 fully saturated rings. The lowest BCUT2D eigenvalue weighted by atomic mass is 10.2. The molecule has 0 spiro atoms. The number of sulfonamides is 1. The zero-order valence-corrected chi connectivity index (χ0v) is 11.8. The van der Waals surface area contributed by atoms with Crippen molar-refractivity contribution in [1.82, 2.24) is 15.1 Å². The van der Waals surface area contributed by atoms with E-state index in [1.807, 2.05) is 18.7 Å². The SMILES string of the molecule is CCOC(=O)c1cn[nH]c1S(=O)(=O)NOCC(C)C. The fraction of sp³-hybridized carbons (Fsp3) is 0.600. The van der Waals surface area contributed by atoms with Crippen LogP contribution in [0.5, 0.6) is 0 Å². The van der Waals surface area contributed by atoms with Crippen molar-refractivity contribution < 1.29 is 22.8 Å². The first-order valence-corrected chi connectivity index (χ1v) is 7.21. The lowest BCUT2D eigenvalue weighted by Gasteiger charge is -2.08. The van der Waals surface area contributed by atoms with Gasteiger partial charge in [0.05, 0.1) is 19.4 Å². The van der Waals surface area contributed by atoms with E-state index in [2.05, 4.69) is 10.2 Å². The zero-order chi connectivity index (χ0) is 14.5. The molecule has 108 valence electrons. The summed E-state index contributed by atoms with van der Waals surface area (Å²) in [6.07, 6.45) is 1.09. The summed E-state index contributed by atoms with van der Waals surface area (Å²) in [5.41, 5.74) is -0.164. The fourth-order valence-corrected chi connectivity index (χ4v) is 2.06. The molecule has 0 aromatic carbocycles. The summed E-state index contributed by atoms with van der Waals surface area (Å²) in [5, 5.41) is 5.40. The summed E-state index contributed by atoms with van der Waals surface area (Å²) in [4.78, 5) is 18.3. The molecule has 8 nitrogen and oxygen atoms in total. The van der Waals surface area contributed by atoms with Gasteiger partial charge < -0.3 is 4.74 Å². The normalized spacial score (nSPS) is 11.8. The molecule has 1 rings (SSSR count). The number of aromatic nitrogens is 2. The summed E-state index contributed by atoms with van der Waals surface area (Å²) < 4.78 is 28.5. The number of ether oxygens (including phenoxy) is 1. The Morgan fingerprint density at radius 2 is 2.21 bits per heavy atom. The molecule has 0 saturated heterocycles. The van der Waals surface area contributed by atoms with Gasteiger partial charge in [-0.15, -0.1) is 0 Å². The molecule has 1 aromatic rings. The number of hydrogen-bond acceptors (Lipinski definition) is 6. The molecule has 1 heterocycles. The van der Waals surface area contributed by atoms with E-state index >= 15 is 0 Å². The average Bonchev–Trinajstić information content (AvgIpc) is 2.78. The topological polar surface area (TPSA) is 110 Å². The maximum Gasteiger partial charge on any atom is 0.342 e. The van der Waals surface area contributed by atoms with Gasteiger partial charge >= 0.3 is 5.97 Å². The predicted molar refractivity (Wildman–Crippen MR) is 65.7 cm³/mol. The van der Waals surface area contributed by atoms with Crippen LogP contribution in [0.15, 0.2) is 11.2 Å². The molecule has 2 N–H and O–H groups in total. The maximum atomic E-state index is 11.9. The van der Waals surface area contributed by atoms with Gasteiger partial charge in [0.1, 0.15) is 5.56 Å². The minimum Gasteiger partial charge on any atom is -0.462 e. The second-order valence-corrected chi connectivity index (χ2v) is 5.71. The van der Waals surface area contributed by atoms with E-state index in [1.165, 1.54) is 0 Å². The molecule has 0 aliphatic rings. The van der Waals surface area contributed by atoms with Crippen molar-refractivity contribution in [2.45, 2.75) is 25.8 Å². The third-order valence-electron chi connectivity index (χ3n) is 1.95. The summed E-state index contributed by atoms with van der Waals surface area (Å²) >= 11 is 0. The lowest BCUT2D eigenvalue weighted by molar-refractivity contribution is 0.0520. The van der Waals surface area contributed by atoms with Gasteiger partial charge in [-0.25, -0.2) is 13.2 Å². The largest absolute Gasteiger partial charge is 0.462 e. The molecule has 19 heavy (non-hydrogen) atoms. The molecule has 0 atom stereocenters. The van der Waals surface area contributed by atoms with Gasteiger partial charge in [-0.1, -0.05) is 18.7 Å². The van der Waals surface area contributed by atoms with Gasteiger partial charge in [0.15, 0.2) is 5.03 Å². The number of hydrogen-bond donors (Lipinski definition) is 2. The van der Waals surface area contributed by atoms with Gasteiger partial charge in [0.2, 0.25) is 0 Å². The first-order chi connectivity index (χ1) is 8.88. The molecule has 0 radical (unpaired) electrons. The molecule has 0 amide bonds. The average molecular weight is 291 g/mol. The Bertz CT molecular complexity index is 523. The minimum absolute atomic E-state index is 0.140. The van der Waals surface area contributed by atoms with E-state index in [-0.39, 0.29) is 29.7 Å². The number of esters is 1. The van der Waals surface area contributed by atoms with Gasteiger partial charge in [-0.05, 0) is 12.8 Å². The van der Waals surface area contributed by atoms with Gasteiger partial charge in [0.25, 0.3) is 10.0 Å². The first kappa shape index (κ1) is 15.6. The number of nitrogens with zero attached hydrogens (tertiary/aromatic N) is 1. The second-order valence-electron chi connectivity index (χ2n) is 4.12. The molecule has 0 aliphatic carbocycles. The Kier molecular flexibility index (Phi) is 5.45. The maximum absolute atomic E-state index is 11.9. The van der Waals surface area contributed by atoms with Crippen LogP contribution in [0, 0.1) is 5.92 Å². The minimum atomic E-state index is -4.00. The molecular formula is C10H17N3O5S. The molecule has 0 saturated carbocycles. The van der Waals surface area contributed by atoms with Crippen LogP contribution in [0.1, 0.15) is 31.1 Å². The highest BCUT2D eigenvalue weighted by atomic mass is 32.2. The summed E-state index contributed by atoms with van der Waals surface area (Å²) in [7, 11) is -4.00. The molecule has 0 aliphatic heterocycles. The third kappa shape index (κ3) is 4.30. The van der Waals surface area contributed by atoms with Crippen LogP contribution in [0.2, 0.25) is 0 Å². The second kappa shape index (κ2) is 6.64. The van der Waals surface area contributed by atoms with Gasteiger partial charge in [0, 0.05) is 0 Å². The van der Waals surface area contributed by atoms with Crippen LogP contribution in [0.3, 0.4) is 0 Å². The van der Waals surface area contributed by atoms with E-state index in [0.29, 0.717) is 0 Å². The Hall–Kier alpha value is -1.45. The van der Waals surface area contributed by atoms with Crippen LogP contribution < -0.4 is 4.89 Å². The zero-order valence-electron chi connectivity index (χ0n) is 11.0. The Morgan fingerprint density at radius 3 is 2.79 bits per heavy atom. The monoisotopic (exact) mass is 291 g/mol. The number of carbonyl (C=O) groups excluding carboxylic acids is 1. The van der Waals surface area contributed by atoms with Gasteiger partial charge in [-0.3, -0.25) is 9.94 Å². The highest BCUT2D eigenvalue weighted by molar-refractivity contribution is 7.89. The number of nitrogens with one attached hydrogen (secondary N) is 2. The van der Waals surface area contributed by atoms with Crippen molar-refractivity contribution in [1.29, 1.82) is 0 Å². The number of carbonyl (C=O) groups is 1. The number of rotatable bonds is 7. The van der Waals surface area contributed by atoms with Crippen molar-refractivity contribution >= 4 is 16.0 Å². The fourth-order valence-electron chi connectivity index (χ4n) is 1.15. The van der Waals surface area contributed by atoms with Crippen molar-refractivity contribution in [2.75, 3.05) is 13.2 Å². The summed E-state index contributed by atoms with van der Waals surface area (Å²) in [6, 6.07) is 0. The molecule has 0 bridgehead atoms. The highest BCUT2D eigenvalue weighted by Gasteiger charge is 2.26. The van der Waals surface area contributed by atoms with E-state index in [1.54, 1.807) is 6.92 Å². The summed E-state index contributed by atoms with van der Waals surface area (Å²) in [6.45, 7) is 5.71. The standard InChI is InChI=1S/C10H17N3O5S/c1-4-17-10(14)8-5-11-12-9(8)19(15,16)13-18-6-7(2)3/h5,7,13H,4,6H2,1-3H3,(H,11,12). The van der Waals surface area contributed by atoms with Crippen LogP contribution in [-0.4, -0.2) is 37.8 Å². The summed E-state index contributed by atoms with van der Waals surface area (Å²) in [5.74, 6) is -0.602. The smallest absolute Gasteiger partial charge is 0.342 e. The van der Waals surface area contributed by atoms with Crippen LogP contribution in [-0.2, 0) is 19.6 Å². The Morgan fingerprint density at radius 1 is 1.53 bits per heavy atom. The third-order valence-corrected chi connectivity index (χ3v) is 3.14. The lowest BCUT2D eigenvalue weighted by Crippen LogP contribution is -2.27. The van der Waals surface area contributed by atoms with Crippen molar-refractivity contribution in [2.24, 2.45) is 5.92 Å². The van der Waals surface area contributed by atoms with Crippen molar-refractivity contribution in [3.05, 3.63) is 11.8 Å². The van der Waals surface area contributed by atoms with Gasteiger partial charge in [-0.2, -0.15) is 5.10 Å².